The van der Waals surface area contributed by atoms with Crippen molar-refractivity contribution in [1.29, 1.82) is 0 Å². The lowest BCUT2D eigenvalue weighted by atomic mass is 10.1. The van der Waals surface area contributed by atoms with E-state index in [4.69, 9.17) is 0 Å². The van der Waals surface area contributed by atoms with E-state index >= 15 is 0 Å². The predicted molar refractivity (Wildman–Crippen MR) is 73.1 cm³/mol. The topological polar surface area (TPSA) is 33.1 Å². The largest absolute Gasteiger partial charge is 0.389 e. The van der Waals surface area contributed by atoms with Crippen molar-refractivity contribution in [2.75, 3.05) is 0 Å². The predicted octanol–water partition coefficient (Wildman–Crippen LogP) is 4.19. The van der Waals surface area contributed by atoms with Crippen LogP contribution in [0.3, 0.4) is 0 Å². The van der Waals surface area contributed by atoms with E-state index in [1.54, 1.807) is 25.3 Å². The van der Waals surface area contributed by atoms with E-state index in [1.807, 2.05) is 12.1 Å². The first-order valence-electron chi connectivity index (χ1n) is 5.34. The number of halogens is 2. The fourth-order valence-corrected chi connectivity index (χ4v) is 3.07. The van der Waals surface area contributed by atoms with Gasteiger partial charge in [0.15, 0.2) is 0 Å². The highest BCUT2D eigenvalue weighted by Crippen LogP contribution is 2.36. The Hall–Kier alpha value is -0.910. The van der Waals surface area contributed by atoms with Gasteiger partial charge in [-0.1, -0.05) is 17.8 Å². The van der Waals surface area contributed by atoms with Crippen LogP contribution in [0, 0.1) is 5.82 Å². The number of aliphatic hydroxyl groups is 1. The number of pyridine rings is 1. The second kappa shape index (κ2) is 5.82. The van der Waals surface area contributed by atoms with E-state index < -0.39 is 11.9 Å². The lowest BCUT2D eigenvalue weighted by Gasteiger charge is -2.12. The average molecular weight is 328 g/mol. The molecule has 0 radical (unpaired) electrons. The smallest absolute Gasteiger partial charge is 0.130 e. The Bertz CT molecular complexity index is 562. The summed E-state index contributed by atoms with van der Waals surface area (Å²) in [6.45, 7) is 1.55. The second-order valence-corrected chi connectivity index (χ2v) is 5.61. The molecule has 0 aliphatic heterocycles. The molecule has 0 amide bonds. The van der Waals surface area contributed by atoms with Gasteiger partial charge in [0, 0.05) is 16.7 Å². The van der Waals surface area contributed by atoms with Gasteiger partial charge in [-0.15, -0.1) is 0 Å². The van der Waals surface area contributed by atoms with Crippen molar-refractivity contribution in [3.63, 3.8) is 0 Å². The summed E-state index contributed by atoms with van der Waals surface area (Å²) in [6.07, 6.45) is 0.824. The molecular formula is C13H11BrFNOS. The molecule has 1 unspecified atom stereocenters. The van der Waals surface area contributed by atoms with Gasteiger partial charge in [0.1, 0.15) is 10.8 Å². The van der Waals surface area contributed by atoms with Gasteiger partial charge in [0.2, 0.25) is 0 Å². The van der Waals surface area contributed by atoms with Crippen molar-refractivity contribution in [2.24, 2.45) is 0 Å². The Morgan fingerprint density at radius 2 is 2.11 bits per heavy atom. The standard InChI is InChI=1S/C13H11BrFNOS/c1-8(17)12-10(15)5-2-6-11(12)18-13-9(14)4-3-7-16-13/h2-8,17H,1H3. The second-order valence-electron chi connectivity index (χ2n) is 3.72. The molecule has 0 saturated carbocycles. The quantitative estimate of drug-likeness (QED) is 0.917. The highest BCUT2D eigenvalue weighted by Gasteiger charge is 2.15. The molecule has 1 heterocycles. The minimum Gasteiger partial charge on any atom is -0.389 e. The number of hydrogen-bond donors (Lipinski definition) is 1. The van der Waals surface area contributed by atoms with Gasteiger partial charge >= 0.3 is 0 Å². The van der Waals surface area contributed by atoms with Crippen molar-refractivity contribution in [2.45, 2.75) is 22.9 Å². The van der Waals surface area contributed by atoms with Crippen LogP contribution in [0.4, 0.5) is 4.39 Å². The van der Waals surface area contributed by atoms with E-state index in [0.29, 0.717) is 10.5 Å². The van der Waals surface area contributed by atoms with Crippen LogP contribution in [0.2, 0.25) is 0 Å². The van der Waals surface area contributed by atoms with Crippen LogP contribution >= 0.6 is 27.7 Å². The molecular weight excluding hydrogens is 317 g/mol. The summed E-state index contributed by atoms with van der Waals surface area (Å²) in [6, 6.07) is 8.43. The summed E-state index contributed by atoms with van der Waals surface area (Å²) in [4.78, 5) is 4.89. The van der Waals surface area contributed by atoms with Crippen LogP contribution in [0.25, 0.3) is 0 Å². The van der Waals surface area contributed by atoms with Crippen LogP contribution in [-0.4, -0.2) is 10.1 Å². The lowest BCUT2D eigenvalue weighted by Crippen LogP contribution is -1.98. The molecule has 1 atom stereocenters. The molecule has 0 spiro atoms. The summed E-state index contributed by atoms with van der Waals surface area (Å²) in [5.41, 5.74) is 0.306. The Morgan fingerprint density at radius 1 is 1.33 bits per heavy atom. The van der Waals surface area contributed by atoms with Crippen molar-refractivity contribution >= 4 is 27.7 Å². The van der Waals surface area contributed by atoms with Crippen LogP contribution in [0.5, 0.6) is 0 Å². The van der Waals surface area contributed by atoms with Gasteiger partial charge < -0.3 is 5.11 Å². The normalized spacial score (nSPS) is 12.4. The number of aromatic nitrogens is 1. The number of nitrogens with zero attached hydrogens (tertiary/aromatic N) is 1. The van der Waals surface area contributed by atoms with Crippen molar-refractivity contribution in [3.8, 4) is 0 Å². The third-order valence-corrected chi connectivity index (χ3v) is 4.36. The van der Waals surface area contributed by atoms with E-state index in [-0.39, 0.29) is 0 Å². The maximum Gasteiger partial charge on any atom is 0.130 e. The Kier molecular flexibility index (Phi) is 4.37. The number of benzene rings is 1. The zero-order chi connectivity index (χ0) is 13.1. The molecule has 0 aliphatic rings. The number of hydrogen-bond acceptors (Lipinski definition) is 3. The molecule has 0 saturated heterocycles. The molecule has 1 aromatic heterocycles. The highest BCUT2D eigenvalue weighted by atomic mass is 79.9. The van der Waals surface area contributed by atoms with Gasteiger partial charge in [0.25, 0.3) is 0 Å². The zero-order valence-electron chi connectivity index (χ0n) is 9.60. The summed E-state index contributed by atoms with van der Waals surface area (Å²) < 4.78 is 14.5. The summed E-state index contributed by atoms with van der Waals surface area (Å²) in [7, 11) is 0. The lowest BCUT2D eigenvalue weighted by molar-refractivity contribution is 0.191. The monoisotopic (exact) mass is 327 g/mol. The number of aliphatic hydroxyl groups excluding tert-OH is 1. The molecule has 1 aromatic carbocycles. The van der Waals surface area contributed by atoms with Gasteiger partial charge in [-0.3, -0.25) is 0 Å². The molecule has 2 nitrogen and oxygen atoms in total. The van der Waals surface area contributed by atoms with E-state index in [1.165, 1.54) is 17.8 Å². The molecule has 0 fully saturated rings. The minimum absolute atomic E-state index is 0.306. The third-order valence-electron chi connectivity index (χ3n) is 2.36. The first kappa shape index (κ1) is 13.5. The maximum absolute atomic E-state index is 13.7. The first-order valence-corrected chi connectivity index (χ1v) is 6.95. The summed E-state index contributed by atoms with van der Waals surface area (Å²) in [5.74, 6) is -0.401. The van der Waals surface area contributed by atoms with E-state index in [9.17, 15) is 9.50 Å². The fraction of sp³-hybridized carbons (Fsp3) is 0.154. The third kappa shape index (κ3) is 2.91. The molecule has 5 heteroatoms. The Labute approximate surface area is 117 Å². The van der Waals surface area contributed by atoms with Gasteiger partial charge in [0.05, 0.1) is 10.6 Å². The van der Waals surface area contributed by atoms with Crippen LogP contribution in [-0.2, 0) is 0 Å². The highest BCUT2D eigenvalue weighted by molar-refractivity contribution is 9.10. The van der Waals surface area contributed by atoms with E-state index in [2.05, 4.69) is 20.9 Å². The Morgan fingerprint density at radius 3 is 2.78 bits per heavy atom. The molecule has 18 heavy (non-hydrogen) atoms. The molecule has 0 bridgehead atoms. The molecule has 94 valence electrons. The van der Waals surface area contributed by atoms with Gasteiger partial charge in [-0.25, -0.2) is 9.37 Å². The minimum atomic E-state index is -0.851. The molecule has 2 aromatic rings. The van der Waals surface area contributed by atoms with Crippen molar-refractivity contribution in [3.05, 3.63) is 52.4 Å². The summed E-state index contributed by atoms with van der Waals surface area (Å²) >= 11 is 4.72. The fourth-order valence-electron chi connectivity index (χ4n) is 1.56. The van der Waals surface area contributed by atoms with Gasteiger partial charge in [-0.05, 0) is 47.1 Å². The summed E-state index contributed by atoms with van der Waals surface area (Å²) in [5, 5.41) is 10.4. The molecule has 2 rings (SSSR count). The zero-order valence-corrected chi connectivity index (χ0v) is 12.0. The molecule has 0 aliphatic carbocycles. The molecule has 1 N–H and O–H groups in total. The average Bonchev–Trinajstić information content (AvgIpc) is 2.31. The van der Waals surface area contributed by atoms with Gasteiger partial charge in [-0.2, -0.15) is 0 Å². The maximum atomic E-state index is 13.7. The number of rotatable bonds is 3. The van der Waals surface area contributed by atoms with Crippen LogP contribution in [0.15, 0.2) is 50.9 Å². The van der Waals surface area contributed by atoms with Crippen LogP contribution in [0.1, 0.15) is 18.6 Å². The van der Waals surface area contributed by atoms with E-state index in [0.717, 1.165) is 9.50 Å². The SMILES string of the molecule is CC(O)c1c(F)cccc1Sc1ncccc1Br. The van der Waals surface area contributed by atoms with Crippen molar-refractivity contribution < 1.29 is 9.50 Å². The van der Waals surface area contributed by atoms with Crippen molar-refractivity contribution in [1.82, 2.24) is 4.98 Å². The first-order chi connectivity index (χ1) is 8.59. The Balaban J connectivity index is 2.41. The van der Waals surface area contributed by atoms with Crippen LogP contribution < -0.4 is 0 Å².